The van der Waals surface area contributed by atoms with Gasteiger partial charge in [0.2, 0.25) is 0 Å². The topological polar surface area (TPSA) is 59.1 Å². The van der Waals surface area contributed by atoms with E-state index in [0.29, 0.717) is 13.1 Å². The average molecular weight is 300 g/mol. The van der Waals surface area contributed by atoms with Gasteiger partial charge in [-0.2, -0.15) is 0 Å². The summed E-state index contributed by atoms with van der Waals surface area (Å²) in [5, 5.41) is 0. The lowest BCUT2D eigenvalue weighted by Gasteiger charge is -2.45. The lowest BCUT2D eigenvalue weighted by molar-refractivity contribution is -0.150. The highest BCUT2D eigenvalue weighted by Gasteiger charge is 2.41. The van der Waals surface area contributed by atoms with Crippen molar-refractivity contribution in [2.75, 3.05) is 27.2 Å². The first kappa shape index (κ1) is 17.8. The molecular weight excluding hydrogens is 272 g/mol. The number of hydrogen-bond donors (Lipinski definition) is 0. The smallest absolute Gasteiger partial charge is 0.410 e. The van der Waals surface area contributed by atoms with E-state index in [2.05, 4.69) is 13.8 Å². The van der Waals surface area contributed by atoms with Crippen molar-refractivity contribution >= 4 is 12.1 Å². The quantitative estimate of drug-likeness (QED) is 0.727. The molecule has 1 aliphatic rings. The fourth-order valence-electron chi connectivity index (χ4n) is 2.47. The highest BCUT2D eigenvalue weighted by molar-refractivity contribution is 5.78. The van der Waals surface area contributed by atoms with Crippen molar-refractivity contribution in [2.24, 2.45) is 5.92 Å². The molecule has 21 heavy (non-hydrogen) atoms. The summed E-state index contributed by atoms with van der Waals surface area (Å²) in [6, 6.07) is -0.428. The normalized spacial score (nSPS) is 24.1. The van der Waals surface area contributed by atoms with E-state index in [1.165, 1.54) is 7.11 Å². The van der Waals surface area contributed by atoms with Crippen LogP contribution in [0.25, 0.3) is 0 Å². The number of esters is 1. The van der Waals surface area contributed by atoms with E-state index in [-0.39, 0.29) is 24.0 Å². The average Bonchev–Trinajstić information content (AvgIpc) is 2.35. The Balaban J connectivity index is 2.94. The zero-order valence-electron chi connectivity index (χ0n) is 14.2. The Kier molecular flexibility index (Phi) is 5.61. The number of nitrogens with zero attached hydrogens (tertiary/aromatic N) is 2. The van der Waals surface area contributed by atoms with Crippen LogP contribution in [0.5, 0.6) is 0 Å². The first-order valence-electron chi connectivity index (χ1n) is 7.34. The minimum absolute atomic E-state index is 0.0192. The van der Waals surface area contributed by atoms with E-state index < -0.39 is 11.6 Å². The fourth-order valence-corrected chi connectivity index (χ4v) is 2.47. The maximum absolute atomic E-state index is 12.4. The molecule has 0 aliphatic carbocycles. The molecule has 0 radical (unpaired) electrons. The first-order chi connectivity index (χ1) is 9.56. The maximum Gasteiger partial charge on any atom is 0.410 e. The highest BCUT2D eigenvalue weighted by atomic mass is 16.6. The molecule has 1 amide bonds. The predicted molar refractivity (Wildman–Crippen MR) is 80.0 cm³/mol. The zero-order chi connectivity index (χ0) is 16.4. The van der Waals surface area contributed by atoms with E-state index in [0.717, 1.165) is 0 Å². The number of ether oxygens (including phenoxy) is 2. The molecule has 0 aromatic carbocycles. The van der Waals surface area contributed by atoms with Gasteiger partial charge >= 0.3 is 12.1 Å². The summed E-state index contributed by atoms with van der Waals surface area (Å²) in [4.78, 5) is 27.9. The van der Waals surface area contributed by atoms with Gasteiger partial charge in [0.05, 0.1) is 19.7 Å². The van der Waals surface area contributed by atoms with Crippen LogP contribution in [0.3, 0.4) is 0 Å². The zero-order valence-corrected chi connectivity index (χ0v) is 14.2. The Labute approximate surface area is 127 Å². The summed E-state index contributed by atoms with van der Waals surface area (Å²) >= 11 is 0. The third-order valence-corrected chi connectivity index (χ3v) is 3.65. The third-order valence-electron chi connectivity index (χ3n) is 3.65. The van der Waals surface area contributed by atoms with E-state index in [4.69, 9.17) is 9.47 Å². The molecule has 1 rings (SSSR count). The largest absolute Gasteiger partial charge is 0.468 e. The maximum atomic E-state index is 12.4. The van der Waals surface area contributed by atoms with E-state index in [9.17, 15) is 9.59 Å². The number of piperazine rings is 1. The summed E-state index contributed by atoms with van der Waals surface area (Å²) in [6.07, 6.45) is -0.372. The van der Waals surface area contributed by atoms with Gasteiger partial charge in [-0.1, -0.05) is 13.8 Å². The molecule has 0 N–H and O–H groups in total. The Morgan fingerprint density at radius 3 is 2.19 bits per heavy atom. The first-order valence-corrected chi connectivity index (χ1v) is 7.34. The second-order valence-electron chi connectivity index (χ2n) is 6.92. The van der Waals surface area contributed by atoms with Crippen molar-refractivity contribution in [2.45, 2.75) is 52.3 Å². The van der Waals surface area contributed by atoms with Crippen LogP contribution in [0.2, 0.25) is 0 Å². The lowest BCUT2D eigenvalue weighted by atomic mass is 9.97. The Morgan fingerprint density at radius 2 is 1.76 bits per heavy atom. The van der Waals surface area contributed by atoms with Crippen molar-refractivity contribution in [3.63, 3.8) is 0 Å². The van der Waals surface area contributed by atoms with Gasteiger partial charge < -0.3 is 14.4 Å². The second-order valence-corrected chi connectivity index (χ2v) is 6.92. The van der Waals surface area contributed by atoms with Crippen LogP contribution in [-0.2, 0) is 14.3 Å². The Hall–Kier alpha value is -1.30. The van der Waals surface area contributed by atoms with Gasteiger partial charge in [-0.05, 0) is 33.7 Å². The number of hydrogen-bond acceptors (Lipinski definition) is 5. The summed E-state index contributed by atoms with van der Waals surface area (Å²) < 4.78 is 10.3. The predicted octanol–water partition coefficient (Wildman–Crippen LogP) is 1.74. The van der Waals surface area contributed by atoms with Gasteiger partial charge in [0, 0.05) is 6.54 Å². The van der Waals surface area contributed by atoms with Crippen molar-refractivity contribution in [3.8, 4) is 0 Å². The molecule has 0 aromatic heterocycles. The van der Waals surface area contributed by atoms with Crippen LogP contribution in [-0.4, -0.2) is 66.8 Å². The lowest BCUT2D eigenvalue weighted by Crippen LogP contribution is -2.63. The number of methoxy groups -OCH3 is 1. The molecule has 6 nitrogen and oxygen atoms in total. The number of amides is 1. The standard InChI is InChI=1S/C15H28N2O4/c1-10(2)11-8-16(6)12(13(18)20-7)9-17(11)14(19)21-15(3,4)5/h10-12H,8-9H2,1-7H3. The van der Waals surface area contributed by atoms with Gasteiger partial charge in [0.15, 0.2) is 0 Å². The molecule has 1 heterocycles. The van der Waals surface area contributed by atoms with Gasteiger partial charge in [-0.25, -0.2) is 4.79 Å². The molecule has 1 saturated heterocycles. The van der Waals surface area contributed by atoms with Crippen molar-refractivity contribution < 1.29 is 19.1 Å². The van der Waals surface area contributed by atoms with E-state index in [1.807, 2.05) is 32.7 Å². The SMILES string of the molecule is COC(=O)C1CN(C(=O)OC(C)(C)C)C(C(C)C)CN1C. The van der Waals surface area contributed by atoms with Crippen LogP contribution in [0.15, 0.2) is 0 Å². The van der Waals surface area contributed by atoms with Gasteiger partial charge in [0.1, 0.15) is 11.6 Å². The molecule has 1 fully saturated rings. The Morgan fingerprint density at radius 1 is 1.19 bits per heavy atom. The molecule has 0 bridgehead atoms. The summed E-state index contributed by atoms with van der Waals surface area (Å²) in [5.41, 5.74) is -0.553. The molecule has 0 aromatic rings. The van der Waals surface area contributed by atoms with E-state index in [1.54, 1.807) is 4.90 Å². The van der Waals surface area contributed by atoms with Crippen LogP contribution >= 0.6 is 0 Å². The fraction of sp³-hybridized carbons (Fsp3) is 0.867. The molecule has 2 unspecified atom stereocenters. The highest BCUT2D eigenvalue weighted by Crippen LogP contribution is 2.23. The number of carbonyl (C=O) groups is 2. The van der Waals surface area contributed by atoms with Crippen LogP contribution < -0.4 is 0 Å². The summed E-state index contributed by atoms with van der Waals surface area (Å²) in [7, 11) is 3.24. The van der Waals surface area contributed by atoms with Crippen molar-refractivity contribution in [1.82, 2.24) is 9.80 Å². The number of carbonyl (C=O) groups excluding carboxylic acids is 2. The second kappa shape index (κ2) is 6.64. The minimum atomic E-state index is -0.553. The molecule has 0 saturated carbocycles. The van der Waals surface area contributed by atoms with Crippen molar-refractivity contribution in [3.05, 3.63) is 0 Å². The molecule has 2 atom stereocenters. The molecular formula is C15H28N2O4. The van der Waals surface area contributed by atoms with Gasteiger partial charge in [-0.3, -0.25) is 9.69 Å². The van der Waals surface area contributed by atoms with Crippen LogP contribution in [0.1, 0.15) is 34.6 Å². The molecule has 1 aliphatic heterocycles. The number of rotatable bonds is 2. The number of likely N-dealkylation sites (N-methyl/N-ethyl adjacent to an activating group) is 1. The van der Waals surface area contributed by atoms with E-state index >= 15 is 0 Å². The third kappa shape index (κ3) is 4.59. The monoisotopic (exact) mass is 300 g/mol. The van der Waals surface area contributed by atoms with Crippen LogP contribution in [0, 0.1) is 5.92 Å². The Bertz CT molecular complexity index is 390. The molecule has 6 heteroatoms. The van der Waals surface area contributed by atoms with Crippen molar-refractivity contribution in [1.29, 1.82) is 0 Å². The van der Waals surface area contributed by atoms with Gasteiger partial charge in [0.25, 0.3) is 0 Å². The minimum Gasteiger partial charge on any atom is -0.468 e. The molecule has 122 valence electrons. The van der Waals surface area contributed by atoms with Gasteiger partial charge in [-0.15, -0.1) is 0 Å². The van der Waals surface area contributed by atoms with Crippen LogP contribution in [0.4, 0.5) is 4.79 Å². The molecule has 0 spiro atoms. The summed E-state index contributed by atoms with van der Waals surface area (Å²) in [6.45, 7) is 10.6. The summed E-state index contributed by atoms with van der Waals surface area (Å²) in [5.74, 6) is -0.0492.